The smallest absolute Gasteiger partial charge is 0.165 e. The molecule has 2 aliphatic heterocycles. The van der Waals surface area contributed by atoms with Crippen LogP contribution in [-0.4, -0.2) is 58.8 Å². The lowest BCUT2D eigenvalue weighted by molar-refractivity contribution is 0.131. The number of piperidine rings is 2. The number of hydrogen-bond acceptors (Lipinski definition) is 8. The largest absolute Gasteiger partial charge is 0.454 e. The Labute approximate surface area is 210 Å². The summed E-state index contributed by atoms with van der Waals surface area (Å²) in [6.45, 7) is 4.31. The fourth-order valence-electron chi connectivity index (χ4n) is 5.02. The van der Waals surface area contributed by atoms with Crippen LogP contribution < -0.4 is 21.1 Å². The Hall–Kier alpha value is -3.56. The van der Waals surface area contributed by atoms with Crippen molar-refractivity contribution in [1.82, 2.24) is 20.2 Å². The number of likely N-dealkylation sites (tertiary alicyclic amines) is 1. The van der Waals surface area contributed by atoms with Crippen molar-refractivity contribution in [1.29, 1.82) is 5.41 Å². The average molecular weight is 490 g/mol. The molecule has 188 valence electrons. The van der Waals surface area contributed by atoms with E-state index in [9.17, 15) is 4.39 Å². The normalized spacial score (nSPS) is 17.6. The molecule has 0 saturated carbocycles. The van der Waals surface area contributed by atoms with E-state index in [1.54, 1.807) is 42.5 Å². The number of nitrogens with zero attached hydrogens (tertiary/aromatic N) is 3. The molecule has 3 aromatic rings. The highest BCUT2D eigenvalue weighted by Gasteiger charge is 2.27. The Bertz CT molecular complexity index is 1190. The number of para-hydroxylation sites is 1. The standard InChI is InChI=1S/C27H32FN7O/c28-22-3-1-2-4-23(22)36-21-7-5-18(6-8-21)25(29)24-26(30)32-17-33-27(24)34-19-11-15-35(16-12-19)20-9-13-31-14-10-20/h1-8,17,19-20,29,31H,9-16H2,(H3,30,32,33,34). The van der Waals surface area contributed by atoms with Crippen molar-refractivity contribution in [3.8, 4) is 11.5 Å². The van der Waals surface area contributed by atoms with E-state index in [2.05, 4.69) is 25.5 Å². The first kappa shape index (κ1) is 24.1. The number of nitrogens with one attached hydrogen (secondary N) is 3. The lowest BCUT2D eigenvalue weighted by Gasteiger charge is -2.39. The number of nitrogens with two attached hydrogens (primary N) is 1. The lowest BCUT2D eigenvalue weighted by Crippen LogP contribution is -2.48. The van der Waals surface area contributed by atoms with Crippen molar-refractivity contribution in [2.75, 3.05) is 37.2 Å². The quantitative estimate of drug-likeness (QED) is 0.371. The summed E-state index contributed by atoms with van der Waals surface area (Å²) in [4.78, 5) is 11.2. The number of nitrogen functional groups attached to an aromatic ring is 1. The van der Waals surface area contributed by atoms with Crippen molar-refractivity contribution in [2.24, 2.45) is 0 Å². The molecule has 2 aliphatic rings. The van der Waals surface area contributed by atoms with Crippen LogP contribution in [0.15, 0.2) is 54.9 Å². The zero-order valence-corrected chi connectivity index (χ0v) is 20.2. The van der Waals surface area contributed by atoms with Gasteiger partial charge in [-0.2, -0.15) is 0 Å². The Morgan fingerprint density at radius 3 is 2.47 bits per heavy atom. The van der Waals surface area contributed by atoms with E-state index in [1.807, 2.05) is 0 Å². The molecule has 0 bridgehead atoms. The van der Waals surface area contributed by atoms with E-state index in [1.165, 1.54) is 25.2 Å². The Kier molecular flexibility index (Phi) is 7.39. The van der Waals surface area contributed by atoms with Crippen LogP contribution in [0.25, 0.3) is 0 Å². The van der Waals surface area contributed by atoms with Crippen LogP contribution in [0.3, 0.4) is 0 Å². The van der Waals surface area contributed by atoms with Crippen LogP contribution in [0.1, 0.15) is 36.8 Å². The van der Waals surface area contributed by atoms with Gasteiger partial charge in [0.05, 0.1) is 11.3 Å². The molecule has 0 atom stereocenters. The Morgan fingerprint density at radius 1 is 1.03 bits per heavy atom. The third-order valence-electron chi connectivity index (χ3n) is 7.03. The molecule has 8 nitrogen and oxygen atoms in total. The molecule has 9 heteroatoms. The zero-order valence-electron chi connectivity index (χ0n) is 20.2. The zero-order chi connectivity index (χ0) is 24.9. The second-order valence-electron chi connectivity index (χ2n) is 9.35. The molecule has 1 aromatic heterocycles. The molecule has 0 aliphatic carbocycles. The number of rotatable bonds is 7. The van der Waals surface area contributed by atoms with Gasteiger partial charge < -0.3 is 26.0 Å². The predicted octanol–water partition coefficient (Wildman–Crippen LogP) is 4.03. The van der Waals surface area contributed by atoms with Gasteiger partial charge in [0.1, 0.15) is 23.7 Å². The van der Waals surface area contributed by atoms with Gasteiger partial charge in [-0.3, -0.25) is 5.41 Å². The highest BCUT2D eigenvalue weighted by Crippen LogP contribution is 2.28. The summed E-state index contributed by atoms with van der Waals surface area (Å²) in [5.41, 5.74) is 7.57. The minimum absolute atomic E-state index is 0.152. The van der Waals surface area contributed by atoms with Crippen molar-refractivity contribution in [3.63, 3.8) is 0 Å². The molecule has 0 spiro atoms. The topological polar surface area (TPSA) is 112 Å². The highest BCUT2D eigenvalue weighted by molar-refractivity contribution is 6.16. The summed E-state index contributed by atoms with van der Waals surface area (Å²) in [5.74, 6) is 1.04. The van der Waals surface area contributed by atoms with Crippen molar-refractivity contribution < 1.29 is 9.13 Å². The summed E-state index contributed by atoms with van der Waals surface area (Å²) in [6.07, 6.45) is 5.90. The Balaban J connectivity index is 1.26. The number of aromatic nitrogens is 2. The van der Waals surface area contributed by atoms with Gasteiger partial charge in [-0.1, -0.05) is 12.1 Å². The molecule has 0 amide bonds. The van der Waals surface area contributed by atoms with Gasteiger partial charge in [-0.15, -0.1) is 0 Å². The van der Waals surface area contributed by atoms with Crippen LogP contribution in [-0.2, 0) is 0 Å². The summed E-state index contributed by atoms with van der Waals surface area (Å²) in [6, 6.07) is 14.1. The first-order chi connectivity index (χ1) is 17.6. The molecule has 5 N–H and O–H groups in total. The first-order valence-electron chi connectivity index (χ1n) is 12.5. The third-order valence-corrected chi connectivity index (χ3v) is 7.03. The predicted molar refractivity (Wildman–Crippen MR) is 139 cm³/mol. The van der Waals surface area contributed by atoms with Gasteiger partial charge in [0, 0.05) is 30.7 Å². The second-order valence-corrected chi connectivity index (χ2v) is 9.35. The van der Waals surface area contributed by atoms with Crippen molar-refractivity contribution in [3.05, 3.63) is 71.8 Å². The van der Waals surface area contributed by atoms with Gasteiger partial charge in [0.15, 0.2) is 11.6 Å². The van der Waals surface area contributed by atoms with E-state index in [0.717, 1.165) is 39.0 Å². The van der Waals surface area contributed by atoms with Crippen LogP contribution in [0.4, 0.5) is 16.0 Å². The van der Waals surface area contributed by atoms with Crippen LogP contribution in [0.2, 0.25) is 0 Å². The van der Waals surface area contributed by atoms with Crippen molar-refractivity contribution >= 4 is 17.3 Å². The number of hydrogen-bond donors (Lipinski definition) is 4. The summed E-state index contributed by atoms with van der Waals surface area (Å²) in [5, 5.41) is 15.8. The molecule has 3 heterocycles. The summed E-state index contributed by atoms with van der Waals surface area (Å²) >= 11 is 0. The van der Waals surface area contributed by atoms with Crippen molar-refractivity contribution in [2.45, 2.75) is 37.8 Å². The molecular weight excluding hydrogens is 457 g/mol. The SMILES string of the molecule is N=C(c1ccc(Oc2ccccc2F)cc1)c1c(N)ncnc1NC1CCN(C2CCNCC2)CC1. The van der Waals surface area contributed by atoms with Crippen LogP contribution in [0.5, 0.6) is 11.5 Å². The van der Waals surface area contributed by atoms with Crippen LogP contribution >= 0.6 is 0 Å². The van der Waals surface area contributed by atoms with E-state index in [0.29, 0.717) is 28.7 Å². The molecule has 2 fully saturated rings. The minimum atomic E-state index is -0.430. The number of ether oxygens (including phenoxy) is 1. The maximum absolute atomic E-state index is 13.9. The molecular formula is C27H32FN7O. The summed E-state index contributed by atoms with van der Waals surface area (Å²) in [7, 11) is 0. The second kappa shape index (κ2) is 11.0. The Morgan fingerprint density at radius 2 is 1.75 bits per heavy atom. The van der Waals surface area contributed by atoms with E-state index in [-0.39, 0.29) is 23.3 Å². The van der Waals surface area contributed by atoms with Gasteiger partial charge in [0.2, 0.25) is 0 Å². The number of halogens is 1. The fraction of sp³-hybridized carbons (Fsp3) is 0.370. The monoisotopic (exact) mass is 489 g/mol. The van der Waals surface area contributed by atoms with E-state index in [4.69, 9.17) is 15.9 Å². The van der Waals surface area contributed by atoms with Gasteiger partial charge in [0.25, 0.3) is 0 Å². The van der Waals surface area contributed by atoms with Gasteiger partial charge in [-0.05, 0) is 75.2 Å². The fourth-order valence-corrected chi connectivity index (χ4v) is 5.02. The average Bonchev–Trinajstić information content (AvgIpc) is 2.91. The maximum atomic E-state index is 13.9. The molecule has 2 saturated heterocycles. The molecule has 0 unspecified atom stereocenters. The number of anilines is 2. The third kappa shape index (κ3) is 5.47. The lowest BCUT2D eigenvalue weighted by atomic mass is 9.98. The van der Waals surface area contributed by atoms with E-state index < -0.39 is 5.82 Å². The van der Waals surface area contributed by atoms with Gasteiger partial charge in [-0.25, -0.2) is 14.4 Å². The number of benzene rings is 2. The van der Waals surface area contributed by atoms with E-state index >= 15 is 0 Å². The molecule has 0 radical (unpaired) electrons. The molecule has 2 aromatic carbocycles. The first-order valence-corrected chi connectivity index (χ1v) is 12.5. The summed E-state index contributed by atoms with van der Waals surface area (Å²) < 4.78 is 19.5. The maximum Gasteiger partial charge on any atom is 0.165 e. The van der Waals surface area contributed by atoms with Crippen LogP contribution in [0, 0.1) is 11.2 Å². The highest BCUT2D eigenvalue weighted by atomic mass is 19.1. The minimum Gasteiger partial charge on any atom is -0.454 e. The molecule has 5 rings (SSSR count). The van der Waals surface area contributed by atoms with Gasteiger partial charge >= 0.3 is 0 Å². The molecule has 36 heavy (non-hydrogen) atoms.